The Labute approximate surface area is 154 Å². The molecule has 0 unspecified atom stereocenters. The lowest BCUT2D eigenvalue weighted by Crippen LogP contribution is -2.13. The van der Waals surface area contributed by atoms with Crippen molar-refractivity contribution in [2.24, 2.45) is 0 Å². The molecule has 27 heavy (non-hydrogen) atoms. The van der Waals surface area contributed by atoms with Gasteiger partial charge in [0.2, 0.25) is 5.43 Å². The van der Waals surface area contributed by atoms with Gasteiger partial charge in [-0.25, -0.2) is 4.39 Å². The SMILES string of the molecule is Cc1cc2oc3cc(NC(=O)c4ccccc4F)ccc3c(=O)c2cc1C. The topological polar surface area (TPSA) is 59.3 Å². The van der Waals surface area contributed by atoms with Crippen molar-refractivity contribution in [2.45, 2.75) is 13.8 Å². The van der Waals surface area contributed by atoms with Gasteiger partial charge in [-0.2, -0.15) is 0 Å². The lowest BCUT2D eigenvalue weighted by molar-refractivity contribution is 0.102. The predicted octanol–water partition coefficient (Wildman–Crippen LogP) is 4.95. The van der Waals surface area contributed by atoms with Gasteiger partial charge in [0, 0.05) is 11.8 Å². The van der Waals surface area contributed by atoms with Crippen molar-refractivity contribution in [3.63, 3.8) is 0 Å². The number of rotatable bonds is 2. The third kappa shape index (κ3) is 2.97. The number of nitrogens with one attached hydrogen (secondary N) is 1. The second kappa shape index (κ2) is 6.36. The summed E-state index contributed by atoms with van der Waals surface area (Å²) in [6.07, 6.45) is 0. The largest absolute Gasteiger partial charge is 0.456 e. The van der Waals surface area contributed by atoms with Crippen LogP contribution in [0.25, 0.3) is 21.9 Å². The van der Waals surface area contributed by atoms with Crippen LogP contribution >= 0.6 is 0 Å². The molecule has 0 atom stereocenters. The van der Waals surface area contributed by atoms with Gasteiger partial charge < -0.3 is 9.73 Å². The van der Waals surface area contributed by atoms with Crippen LogP contribution < -0.4 is 10.7 Å². The summed E-state index contributed by atoms with van der Waals surface area (Å²) >= 11 is 0. The molecular weight excluding hydrogens is 345 g/mol. The minimum atomic E-state index is -0.598. The number of fused-ring (bicyclic) bond motifs is 2. The average molecular weight is 361 g/mol. The molecule has 0 saturated carbocycles. The first-order valence-electron chi connectivity index (χ1n) is 8.48. The molecule has 0 spiro atoms. The number of carbonyl (C=O) groups excluding carboxylic acids is 1. The van der Waals surface area contributed by atoms with Gasteiger partial charge in [-0.15, -0.1) is 0 Å². The molecule has 0 bridgehead atoms. The Morgan fingerprint density at radius 1 is 0.926 bits per heavy atom. The Hall–Kier alpha value is -3.47. The van der Waals surface area contributed by atoms with Crippen LogP contribution in [0.3, 0.4) is 0 Å². The lowest BCUT2D eigenvalue weighted by Gasteiger charge is -2.08. The van der Waals surface area contributed by atoms with Gasteiger partial charge in [0.05, 0.1) is 16.3 Å². The van der Waals surface area contributed by atoms with Gasteiger partial charge in [-0.3, -0.25) is 9.59 Å². The Kier molecular flexibility index (Phi) is 4.00. The maximum Gasteiger partial charge on any atom is 0.258 e. The molecule has 0 aliphatic heterocycles. The van der Waals surface area contributed by atoms with Gasteiger partial charge >= 0.3 is 0 Å². The van der Waals surface area contributed by atoms with Crippen LogP contribution in [0.1, 0.15) is 21.5 Å². The van der Waals surface area contributed by atoms with Crippen molar-refractivity contribution in [2.75, 3.05) is 5.32 Å². The zero-order chi connectivity index (χ0) is 19.1. The number of halogens is 1. The minimum absolute atomic E-state index is 0.0522. The van der Waals surface area contributed by atoms with Gasteiger partial charge in [0.1, 0.15) is 17.0 Å². The summed E-state index contributed by atoms with van der Waals surface area (Å²) in [5.41, 5.74) is 3.14. The number of carbonyl (C=O) groups is 1. The van der Waals surface area contributed by atoms with Crippen LogP contribution in [0, 0.1) is 19.7 Å². The van der Waals surface area contributed by atoms with E-state index in [1.807, 2.05) is 26.0 Å². The van der Waals surface area contributed by atoms with Crippen LogP contribution in [0.2, 0.25) is 0 Å². The van der Waals surface area contributed by atoms with E-state index in [2.05, 4.69) is 5.32 Å². The van der Waals surface area contributed by atoms with E-state index in [0.29, 0.717) is 27.6 Å². The lowest BCUT2D eigenvalue weighted by atomic mass is 10.1. The standard InChI is InChI=1S/C22H16FNO3/c1-12-9-17-19(10-13(12)2)27-20-11-14(7-8-16(20)21(17)25)24-22(26)15-5-3-4-6-18(15)23/h3-11H,1-2H3,(H,24,26). The summed E-state index contributed by atoms with van der Waals surface area (Å²) in [5.74, 6) is -1.17. The highest BCUT2D eigenvalue weighted by Crippen LogP contribution is 2.24. The molecule has 4 nitrogen and oxygen atoms in total. The summed E-state index contributed by atoms with van der Waals surface area (Å²) in [7, 11) is 0. The molecule has 1 N–H and O–H groups in total. The predicted molar refractivity (Wildman–Crippen MR) is 104 cm³/mol. The number of anilines is 1. The Morgan fingerprint density at radius 2 is 1.63 bits per heavy atom. The zero-order valence-corrected chi connectivity index (χ0v) is 14.8. The molecule has 4 aromatic rings. The zero-order valence-electron chi connectivity index (χ0n) is 14.8. The molecule has 0 aliphatic rings. The monoisotopic (exact) mass is 361 g/mol. The van der Waals surface area contributed by atoms with E-state index in [4.69, 9.17) is 4.42 Å². The summed E-state index contributed by atoms with van der Waals surface area (Å²) in [6, 6.07) is 14.2. The second-order valence-corrected chi connectivity index (χ2v) is 6.51. The molecule has 0 fully saturated rings. The van der Waals surface area contributed by atoms with Crippen molar-refractivity contribution in [1.82, 2.24) is 0 Å². The van der Waals surface area contributed by atoms with Crippen LogP contribution in [0.15, 0.2) is 63.8 Å². The Morgan fingerprint density at radius 3 is 2.41 bits per heavy atom. The van der Waals surface area contributed by atoms with E-state index in [1.165, 1.54) is 18.2 Å². The highest BCUT2D eigenvalue weighted by Gasteiger charge is 2.13. The first-order chi connectivity index (χ1) is 12.9. The summed E-state index contributed by atoms with van der Waals surface area (Å²) in [4.78, 5) is 25.0. The Bertz CT molecular complexity index is 1270. The Balaban J connectivity index is 1.79. The van der Waals surface area contributed by atoms with Crippen LogP contribution in [0.4, 0.5) is 10.1 Å². The molecule has 1 heterocycles. The number of benzene rings is 3. The van der Waals surface area contributed by atoms with E-state index in [-0.39, 0.29) is 11.0 Å². The molecule has 5 heteroatoms. The maximum absolute atomic E-state index is 13.8. The van der Waals surface area contributed by atoms with Crippen molar-refractivity contribution < 1.29 is 13.6 Å². The molecule has 1 amide bonds. The normalized spacial score (nSPS) is 11.1. The number of hydrogen-bond acceptors (Lipinski definition) is 3. The first kappa shape index (κ1) is 17.0. The molecule has 0 aliphatic carbocycles. The third-order valence-electron chi connectivity index (χ3n) is 4.66. The highest BCUT2D eigenvalue weighted by atomic mass is 19.1. The average Bonchev–Trinajstić information content (AvgIpc) is 2.64. The van der Waals surface area contributed by atoms with Crippen LogP contribution in [-0.4, -0.2) is 5.91 Å². The fourth-order valence-corrected chi connectivity index (χ4v) is 3.03. The quantitative estimate of drug-likeness (QED) is 0.514. The van der Waals surface area contributed by atoms with Gasteiger partial charge in [0.15, 0.2) is 0 Å². The minimum Gasteiger partial charge on any atom is -0.456 e. The smallest absolute Gasteiger partial charge is 0.258 e. The molecule has 1 aromatic heterocycles. The van der Waals surface area contributed by atoms with Crippen molar-refractivity contribution in [3.05, 3.63) is 87.3 Å². The van der Waals surface area contributed by atoms with Gasteiger partial charge in [0.25, 0.3) is 5.91 Å². The van der Waals surface area contributed by atoms with Gasteiger partial charge in [-0.1, -0.05) is 12.1 Å². The molecule has 3 aromatic carbocycles. The number of amides is 1. The third-order valence-corrected chi connectivity index (χ3v) is 4.66. The summed E-state index contributed by atoms with van der Waals surface area (Å²) in [6.45, 7) is 3.89. The van der Waals surface area contributed by atoms with Crippen LogP contribution in [-0.2, 0) is 0 Å². The summed E-state index contributed by atoms with van der Waals surface area (Å²) in [5, 5.41) is 3.59. The van der Waals surface area contributed by atoms with E-state index >= 15 is 0 Å². The van der Waals surface area contributed by atoms with Crippen molar-refractivity contribution in [3.8, 4) is 0 Å². The van der Waals surface area contributed by atoms with E-state index in [1.54, 1.807) is 24.3 Å². The molecule has 0 radical (unpaired) electrons. The van der Waals surface area contributed by atoms with E-state index in [0.717, 1.165) is 11.1 Å². The first-order valence-corrected chi connectivity index (χ1v) is 8.48. The molecule has 4 rings (SSSR count). The fourth-order valence-electron chi connectivity index (χ4n) is 3.03. The van der Waals surface area contributed by atoms with Crippen molar-refractivity contribution >= 4 is 33.5 Å². The summed E-state index contributed by atoms with van der Waals surface area (Å²) < 4.78 is 19.7. The van der Waals surface area contributed by atoms with Gasteiger partial charge in [-0.05, 0) is 61.4 Å². The van der Waals surface area contributed by atoms with E-state index in [9.17, 15) is 14.0 Å². The molecular formula is C22H16FNO3. The van der Waals surface area contributed by atoms with E-state index < -0.39 is 11.7 Å². The second-order valence-electron chi connectivity index (χ2n) is 6.51. The number of aryl methyl sites for hydroxylation is 2. The maximum atomic E-state index is 13.8. The highest BCUT2D eigenvalue weighted by molar-refractivity contribution is 6.05. The molecule has 0 saturated heterocycles. The number of hydrogen-bond donors (Lipinski definition) is 1. The van der Waals surface area contributed by atoms with Crippen LogP contribution in [0.5, 0.6) is 0 Å². The molecule has 134 valence electrons. The van der Waals surface area contributed by atoms with Crippen molar-refractivity contribution in [1.29, 1.82) is 0 Å². The fraction of sp³-hybridized carbons (Fsp3) is 0.0909.